The van der Waals surface area contributed by atoms with Gasteiger partial charge in [0, 0.05) is 7.11 Å². The number of hydrogen-bond donors (Lipinski definition) is 3. The van der Waals surface area contributed by atoms with Gasteiger partial charge in [0.2, 0.25) is 5.75 Å². The summed E-state index contributed by atoms with van der Waals surface area (Å²) < 4.78 is 30.9. The van der Waals surface area contributed by atoms with E-state index in [4.69, 9.17) is 28.4 Å². The van der Waals surface area contributed by atoms with Gasteiger partial charge < -0.3 is 43.7 Å². The first-order chi connectivity index (χ1) is 12.9. The Kier molecular flexibility index (Phi) is 7.22. The Morgan fingerprint density at radius 2 is 1.56 bits per heavy atom. The third-order valence-electron chi connectivity index (χ3n) is 4.18. The summed E-state index contributed by atoms with van der Waals surface area (Å²) in [4.78, 5) is 12.4. The van der Waals surface area contributed by atoms with E-state index in [-0.39, 0.29) is 23.7 Å². The van der Waals surface area contributed by atoms with Crippen LogP contribution in [-0.2, 0) is 14.2 Å². The number of aliphatic hydroxyl groups excluding tert-OH is 3. The minimum atomic E-state index is -1.51. The monoisotopic (exact) mass is 388 g/mol. The first-order valence-corrected chi connectivity index (χ1v) is 8.07. The van der Waals surface area contributed by atoms with Gasteiger partial charge >= 0.3 is 5.97 Å². The molecule has 0 bridgehead atoms. The fraction of sp³-hybridized carbons (Fsp3) is 0.588. The Balaban J connectivity index is 2.11. The van der Waals surface area contributed by atoms with Crippen molar-refractivity contribution < 1.29 is 48.5 Å². The van der Waals surface area contributed by atoms with E-state index in [0.29, 0.717) is 5.75 Å². The lowest BCUT2D eigenvalue weighted by molar-refractivity contribution is -0.294. The van der Waals surface area contributed by atoms with E-state index in [9.17, 15) is 20.1 Å². The van der Waals surface area contributed by atoms with Crippen molar-refractivity contribution >= 4 is 5.97 Å². The highest BCUT2D eigenvalue weighted by molar-refractivity contribution is 5.91. The SMILES string of the molecule is COc1cc(C(=O)OC[C@H]2O[C@H](OC)[C@H](O)[C@@H](O)[C@@H]2O)cc(OC)c1OC. The van der Waals surface area contributed by atoms with Gasteiger partial charge in [-0.2, -0.15) is 0 Å². The predicted octanol–water partition coefficient (Wildman–Crippen LogP) is -0.677. The molecule has 27 heavy (non-hydrogen) atoms. The summed E-state index contributed by atoms with van der Waals surface area (Å²) in [6.45, 7) is -0.375. The number of ether oxygens (including phenoxy) is 6. The molecule has 1 heterocycles. The highest BCUT2D eigenvalue weighted by Crippen LogP contribution is 2.38. The Hall–Kier alpha value is -2.11. The number of hydrogen-bond acceptors (Lipinski definition) is 10. The molecule has 1 aliphatic heterocycles. The van der Waals surface area contributed by atoms with Gasteiger partial charge in [0.25, 0.3) is 0 Å². The van der Waals surface area contributed by atoms with Crippen molar-refractivity contribution in [3.05, 3.63) is 17.7 Å². The van der Waals surface area contributed by atoms with Crippen LogP contribution in [-0.4, -0.2) is 87.0 Å². The van der Waals surface area contributed by atoms with Gasteiger partial charge in [-0.05, 0) is 12.1 Å². The van der Waals surface area contributed by atoms with Crippen molar-refractivity contribution in [1.29, 1.82) is 0 Å². The van der Waals surface area contributed by atoms with E-state index < -0.39 is 36.7 Å². The van der Waals surface area contributed by atoms with Gasteiger partial charge in [-0.3, -0.25) is 0 Å². The Morgan fingerprint density at radius 3 is 2.04 bits per heavy atom. The lowest BCUT2D eigenvalue weighted by Gasteiger charge is -2.39. The normalized spacial score (nSPS) is 27.7. The fourth-order valence-electron chi connectivity index (χ4n) is 2.69. The van der Waals surface area contributed by atoms with Crippen molar-refractivity contribution in [2.75, 3.05) is 35.0 Å². The molecule has 1 aliphatic rings. The standard InChI is InChI=1S/C17H24O10/c1-22-9-5-8(6-10(23-2)15(9)24-3)16(21)26-7-11-12(18)13(19)14(20)17(25-4)27-11/h5-6,11-14,17-20H,7H2,1-4H3/t11-,12-,13+,14-,17+/m1/s1. The summed E-state index contributed by atoms with van der Waals surface area (Å²) in [6.07, 6.45) is -6.63. The Morgan fingerprint density at radius 1 is 0.963 bits per heavy atom. The fourth-order valence-corrected chi connectivity index (χ4v) is 2.69. The number of carbonyl (C=O) groups is 1. The number of carbonyl (C=O) groups excluding carboxylic acids is 1. The zero-order chi connectivity index (χ0) is 20.1. The van der Waals surface area contributed by atoms with Crippen molar-refractivity contribution in [3.8, 4) is 17.2 Å². The molecule has 0 aromatic heterocycles. The number of esters is 1. The molecule has 2 rings (SSSR count). The molecule has 10 nitrogen and oxygen atoms in total. The minimum Gasteiger partial charge on any atom is -0.493 e. The summed E-state index contributed by atoms with van der Waals surface area (Å²) in [6, 6.07) is 2.83. The molecule has 1 aromatic carbocycles. The molecule has 0 spiro atoms. The predicted molar refractivity (Wildman–Crippen MR) is 90.1 cm³/mol. The van der Waals surface area contributed by atoms with Crippen molar-refractivity contribution in [2.45, 2.75) is 30.7 Å². The summed E-state index contributed by atoms with van der Waals surface area (Å²) >= 11 is 0. The largest absolute Gasteiger partial charge is 0.493 e. The Bertz CT molecular complexity index is 622. The van der Waals surface area contributed by atoms with E-state index in [1.807, 2.05) is 0 Å². The van der Waals surface area contributed by atoms with Gasteiger partial charge in [-0.15, -0.1) is 0 Å². The third-order valence-corrected chi connectivity index (χ3v) is 4.18. The molecule has 1 aromatic rings. The molecule has 0 aliphatic carbocycles. The number of aliphatic hydroxyl groups is 3. The smallest absolute Gasteiger partial charge is 0.338 e. The molecule has 0 amide bonds. The topological polar surface area (TPSA) is 133 Å². The van der Waals surface area contributed by atoms with Crippen molar-refractivity contribution in [2.24, 2.45) is 0 Å². The molecule has 3 N–H and O–H groups in total. The minimum absolute atomic E-state index is 0.124. The second-order valence-corrected chi connectivity index (χ2v) is 5.76. The molecule has 10 heteroatoms. The van der Waals surface area contributed by atoms with Crippen LogP contribution in [0.2, 0.25) is 0 Å². The van der Waals surface area contributed by atoms with Crippen LogP contribution in [0.1, 0.15) is 10.4 Å². The number of benzene rings is 1. The summed E-state index contributed by atoms with van der Waals surface area (Å²) in [7, 11) is 5.54. The van der Waals surface area contributed by atoms with Crippen LogP contribution < -0.4 is 14.2 Å². The Labute approximate surface area is 156 Å². The summed E-state index contributed by atoms with van der Waals surface area (Å²) in [5, 5.41) is 29.6. The molecule has 0 radical (unpaired) electrons. The van der Waals surface area contributed by atoms with E-state index in [1.54, 1.807) is 0 Å². The van der Waals surface area contributed by atoms with E-state index >= 15 is 0 Å². The molecule has 0 unspecified atom stereocenters. The molecular weight excluding hydrogens is 364 g/mol. The zero-order valence-electron chi connectivity index (χ0n) is 15.4. The number of rotatable bonds is 7. The average molecular weight is 388 g/mol. The number of methoxy groups -OCH3 is 4. The van der Waals surface area contributed by atoms with Crippen LogP contribution in [0.4, 0.5) is 0 Å². The molecule has 1 saturated heterocycles. The van der Waals surface area contributed by atoms with Crippen LogP contribution in [0.25, 0.3) is 0 Å². The highest BCUT2D eigenvalue weighted by atomic mass is 16.7. The second kappa shape index (κ2) is 9.20. The van der Waals surface area contributed by atoms with Crippen LogP contribution in [0.5, 0.6) is 17.2 Å². The lowest BCUT2D eigenvalue weighted by Crippen LogP contribution is -2.59. The molecule has 0 saturated carbocycles. The highest BCUT2D eigenvalue weighted by Gasteiger charge is 2.44. The lowest BCUT2D eigenvalue weighted by atomic mass is 9.99. The van der Waals surface area contributed by atoms with Gasteiger partial charge in [0.15, 0.2) is 17.8 Å². The van der Waals surface area contributed by atoms with Gasteiger partial charge in [0.05, 0.1) is 26.9 Å². The second-order valence-electron chi connectivity index (χ2n) is 5.76. The third kappa shape index (κ3) is 4.42. The van der Waals surface area contributed by atoms with Crippen molar-refractivity contribution in [3.63, 3.8) is 0 Å². The van der Waals surface area contributed by atoms with Crippen molar-refractivity contribution in [1.82, 2.24) is 0 Å². The molecule has 152 valence electrons. The van der Waals surface area contributed by atoms with Gasteiger partial charge in [-0.1, -0.05) is 0 Å². The average Bonchev–Trinajstić information content (AvgIpc) is 2.69. The first kappa shape index (κ1) is 21.2. The van der Waals surface area contributed by atoms with Crippen LogP contribution in [0, 0.1) is 0 Å². The van der Waals surface area contributed by atoms with Crippen LogP contribution >= 0.6 is 0 Å². The molecular formula is C17H24O10. The molecule has 1 fully saturated rings. The quantitative estimate of drug-likeness (QED) is 0.516. The van der Waals surface area contributed by atoms with E-state index in [2.05, 4.69) is 0 Å². The maximum atomic E-state index is 12.4. The zero-order valence-corrected chi connectivity index (χ0v) is 15.4. The van der Waals surface area contributed by atoms with Gasteiger partial charge in [0.1, 0.15) is 31.0 Å². The molecule has 5 atom stereocenters. The maximum Gasteiger partial charge on any atom is 0.338 e. The maximum absolute atomic E-state index is 12.4. The summed E-state index contributed by atoms with van der Waals surface area (Å²) in [5.41, 5.74) is 0.124. The first-order valence-electron chi connectivity index (χ1n) is 8.07. The van der Waals surface area contributed by atoms with Gasteiger partial charge in [-0.25, -0.2) is 4.79 Å². The van der Waals surface area contributed by atoms with E-state index in [0.717, 1.165) is 0 Å². The summed E-state index contributed by atoms with van der Waals surface area (Å²) in [5.74, 6) is 0.133. The van der Waals surface area contributed by atoms with E-state index in [1.165, 1.54) is 40.6 Å². The van der Waals surface area contributed by atoms with Crippen LogP contribution in [0.15, 0.2) is 12.1 Å². The van der Waals surface area contributed by atoms with Crippen LogP contribution in [0.3, 0.4) is 0 Å².